The molecule has 1 saturated heterocycles. The number of aryl methyl sites for hydroxylation is 1. The summed E-state index contributed by atoms with van der Waals surface area (Å²) in [6.07, 6.45) is -4.42. The summed E-state index contributed by atoms with van der Waals surface area (Å²) in [5.41, 5.74) is 0.398. The zero-order valence-corrected chi connectivity index (χ0v) is 17.2. The minimum atomic E-state index is -3.72. The summed E-state index contributed by atoms with van der Waals surface area (Å²) in [7, 11) is 0. The number of hydrogen-bond acceptors (Lipinski definition) is 4. The number of halogens is 3. The van der Waals surface area contributed by atoms with Crippen LogP contribution in [0.3, 0.4) is 0 Å². The minimum absolute atomic E-state index is 0.0701. The Kier molecular flexibility index (Phi) is 4.59. The predicted molar refractivity (Wildman–Crippen MR) is 111 cm³/mol. The van der Waals surface area contributed by atoms with Crippen molar-refractivity contribution in [2.45, 2.75) is 44.1 Å². The van der Waals surface area contributed by atoms with Gasteiger partial charge >= 0.3 is 5.92 Å². The maximum absolute atomic E-state index is 14.5. The SMILES string of the molecule is [2H]C1C(=O)N([2H])C(=O)[C@@]([2H])(N2Cc3cc(CCC(=O)C(F)(F)c4ccc(Cl)cc4)ccc3C2=O)C1[2H]. The number of ketones is 1. The molecule has 0 radical (unpaired) electrons. The quantitative estimate of drug-likeness (QED) is 0.664. The van der Waals surface area contributed by atoms with Crippen LogP contribution < -0.4 is 5.31 Å². The number of alkyl halides is 2. The molecule has 2 aliphatic heterocycles. The van der Waals surface area contributed by atoms with Crippen molar-refractivity contribution in [2.24, 2.45) is 0 Å². The normalized spacial score (nSPS) is 27.5. The molecule has 0 aromatic heterocycles. The third kappa shape index (κ3) is 4.14. The van der Waals surface area contributed by atoms with E-state index < -0.39 is 60.2 Å². The van der Waals surface area contributed by atoms with Gasteiger partial charge in [-0.25, -0.2) is 0 Å². The fourth-order valence-corrected chi connectivity index (χ4v) is 3.71. The predicted octanol–water partition coefficient (Wildman–Crippen LogP) is 3.39. The van der Waals surface area contributed by atoms with E-state index in [2.05, 4.69) is 0 Å². The average molecular weight is 465 g/mol. The Hall–Kier alpha value is -3.13. The van der Waals surface area contributed by atoms with Crippen LogP contribution in [-0.4, -0.2) is 34.4 Å². The lowest BCUT2D eigenvalue weighted by molar-refractivity contribution is -0.144. The third-order valence-corrected chi connectivity index (χ3v) is 5.53. The number of nitrogens with zero attached hydrogens (tertiary/aromatic N) is 1. The van der Waals surface area contributed by atoms with E-state index in [4.69, 9.17) is 17.1 Å². The van der Waals surface area contributed by atoms with Crippen molar-refractivity contribution < 1.29 is 33.5 Å². The van der Waals surface area contributed by atoms with E-state index >= 15 is 0 Å². The van der Waals surface area contributed by atoms with Crippen molar-refractivity contribution in [3.05, 3.63) is 69.7 Å². The van der Waals surface area contributed by atoms with E-state index in [1.165, 1.54) is 30.3 Å². The van der Waals surface area contributed by atoms with Crippen LogP contribution in [0.15, 0.2) is 42.5 Å². The molecule has 9 heteroatoms. The van der Waals surface area contributed by atoms with E-state index in [1.807, 2.05) is 0 Å². The highest BCUT2D eigenvalue weighted by atomic mass is 35.5. The molecule has 6 nitrogen and oxygen atoms in total. The van der Waals surface area contributed by atoms with Crippen molar-refractivity contribution in [1.29, 1.82) is 0 Å². The molecular weight excluding hydrogens is 442 g/mol. The molecule has 2 aromatic carbocycles. The van der Waals surface area contributed by atoms with Gasteiger partial charge in [-0.15, -0.1) is 0 Å². The zero-order valence-electron chi connectivity index (χ0n) is 20.5. The zero-order chi connectivity index (χ0) is 26.6. The molecule has 32 heavy (non-hydrogen) atoms. The summed E-state index contributed by atoms with van der Waals surface area (Å²) >= 11 is 5.71. The van der Waals surface area contributed by atoms with E-state index in [0.717, 1.165) is 17.0 Å². The Balaban J connectivity index is 1.51. The topological polar surface area (TPSA) is 83.6 Å². The first-order valence-corrected chi connectivity index (χ1v) is 10.0. The van der Waals surface area contributed by atoms with Crippen LogP contribution in [0.5, 0.6) is 0 Å². The summed E-state index contributed by atoms with van der Waals surface area (Å²) < 4.78 is 61.1. The van der Waals surface area contributed by atoms with E-state index in [0.29, 0.717) is 11.1 Å². The Labute approximate surface area is 193 Å². The van der Waals surface area contributed by atoms with E-state index in [9.17, 15) is 28.0 Å². The van der Waals surface area contributed by atoms with Crippen LogP contribution >= 0.6 is 11.6 Å². The lowest BCUT2D eigenvalue weighted by Crippen LogP contribution is -2.52. The van der Waals surface area contributed by atoms with Gasteiger partial charge in [-0.05, 0) is 42.1 Å². The summed E-state index contributed by atoms with van der Waals surface area (Å²) in [6.45, 7) is -0.323. The summed E-state index contributed by atoms with van der Waals surface area (Å²) in [4.78, 5) is 50.4. The Morgan fingerprint density at radius 1 is 1.25 bits per heavy atom. The van der Waals surface area contributed by atoms with Gasteiger partial charge < -0.3 is 4.90 Å². The number of benzene rings is 2. The first-order chi connectivity index (χ1) is 16.8. The van der Waals surface area contributed by atoms with E-state index in [-0.39, 0.29) is 28.9 Å². The molecule has 4 rings (SSSR count). The number of nitrogens with one attached hydrogen (secondary N) is 1. The number of rotatable bonds is 6. The second-order valence-electron chi connectivity index (χ2n) is 7.36. The molecule has 166 valence electrons. The Morgan fingerprint density at radius 3 is 2.69 bits per heavy atom. The number of fused-ring (bicyclic) bond motifs is 1. The van der Waals surface area contributed by atoms with Crippen molar-refractivity contribution in [3.63, 3.8) is 0 Å². The van der Waals surface area contributed by atoms with Gasteiger partial charge in [0.2, 0.25) is 17.6 Å². The van der Waals surface area contributed by atoms with Gasteiger partial charge in [-0.3, -0.25) is 24.5 Å². The van der Waals surface area contributed by atoms with Crippen LogP contribution in [0.4, 0.5) is 8.78 Å². The molecule has 2 unspecified atom stereocenters. The average Bonchev–Trinajstić information content (AvgIpc) is 3.19. The van der Waals surface area contributed by atoms with Gasteiger partial charge in [-0.2, -0.15) is 8.78 Å². The number of carbonyl (C=O) groups is 4. The second kappa shape index (κ2) is 8.43. The molecule has 0 bridgehead atoms. The molecule has 0 aliphatic carbocycles. The van der Waals surface area contributed by atoms with Gasteiger partial charge in [0.15, 0.2) is 1.41 Å². The highest BCUT2D eigenvalue weighted by molar-refractivity contribution is 6.30. The van der Waals surface area contributed by atoms with Gasteiger partial charge in [0, 0.05) is 38.3 Å². The van der Waals surface area contributed by atoms with Crippen LogP contribution in [-0.2, 0) is 33.3 Å². The first kappa shape index (κ1) is 17.4. The lowest BCUT2D eigenvalue weighted by atomic mass is 9.97. The third-order valence-electron chi connectivity index (χ3n) is 5.28. The number of hydrogen-bond donors (Lipinski definition) is 1. The lowest BCUT2D eigenvalue weighted by Gasteiger charge is -2.29. The van der Waals surface area contributed by atoms with Crippen molar-refractivity contribution in [1.82, 2.24) is 10.2 Å². The van der Waals surface area contributed by atoms with Gasteiger partial charge in [0.25, 0.3) is 5.91 Å². The molecule has 2 heterocycles. The highest BCUT2D eigenvalue weighted by Gasteiger charge is 2.41. The Bertz CT molecular complexity index is 1280. The number of piperidine rings is 1. The van der Waals surface area contributed by atoms with Gasteiger partial charge in [0.1, 0.15) is 6.02 Å². The van der Waals surface area contributed by atoms with Crippen molar-refractivity contribution >= 4 is 35.1 Å². The van der Waals surface area contributed by atoms with Crippen molar-refractivity contribution in [2.75, 3.05) is 0 Å². The molecule has 3 amide bonds. The number of imide groups is 1. The largest absolute Gasteiger partial charge is 0.330 e. The molecule has 2 aliphatic rings. The van der Waals surface area contributed by atoms with Crippen LogP contribution in [0.1, 0.15) is 50.4 Å². The maximum atomic E-state index is 14.5. The van der Waals surface area contributed by atoms with Crippen molar-refractivity contribution in [3.8, 4) is 0 Å². The fraction of sp³-hybridized carbons (Fsp3) is 0.304. The first-order valence-electron chi connectivity index (χ1n) is 11.7. The smallest absolute Gasteiger partial charge is 0.322 e. The summed E-state index contributed by atoms with van der Waals surface area (Å²) in [5.74, 6) is -8.48. The fourth-order valence-electron chi connectivity index (χ4n) is 3.58. The molecule has 1 fully saturated rings. The summed E-state index contributed by atoms with van der Waals surface area (Å²) in [6, 6.07) is 6.31. The van der Waals surface area contributed by atoms with Crippen LogP contribution in [0.25, 0.3) is 0 Å². The molecule has 3 atom stereocenters. The monoisotopic (exact) mass is 464 g/mol. The molecule has 0 spiro atoms. The van der Waals surface area contributed by atoms with E-state index in [1.54, 1.807) is 0 Å². The number of carbonyl (C=O) groups excluding carboxylic acids is 4. The highest BCUT2D eigenvalue weighted by Crippen LogP contribution is 2.32. The molecule has 2 aromatic rings. The number of amides is 3. The Morgan fingerprint density at radius 2 is 1.97 bits per heavy atom. The number of Topliss-reactive ketones (excluding diaryl/α,β-unsaturated/α-hetero) is 1. The minimum Gasteiger partial charge on any atom is -0.322 e. The van der Waals surface area contributed by atoms with Gasteiger partial charge in [0.05, 0.1) is 1.37 Å². The van der Waals surface area contributed by atoms with Gasteiger partial charge in [-0.1, -0.05) is 35.9 Å². The molecular formula is C23H19ClF2N2O4. The maximum Gasteiger partial charge on any atom is 0.330 e. The molecule has 1 N–H and O–H groups in total. The standard InChI is InChI=1S/C23H19ClF2N2O4/c24-16-5-3-15(4-6-16)23(25,26)19(29)9-2-13-1-7-17-14(11-13)12-28(22(17)32)18-8-10-20(30)27-21(18)31/h1,3-7,11,18H,2,8-10,12H2,(H,27,30,31)/t18-/m0/s1/i8D,10D,18D/hD/t8?,10?,18-. The van der Waals surface area contributed by atoms with Crippen LogP contribution in [0.2, 0.25) is 6.43 Å². The summed E-state index contributed by atoms with van der Waals surface area (Å²) in [5, 5.41) is 0.0919. The van der Waals surface area contributed by atoms with Crippen LogP contribution in [0, 0.1) is 0 Å². The second-order valence-corrected chi connectivity index (χ2v) is 7.80. The molecule has 0 saturated carbocycles.